The third-order valence-corrected chi connectivity index (χ3v) is 9.33. The van der Waals surface area contributed by atoms with Crippen LogP contribution in [0.3, 0.4) is 0 Å². The van der Waals surface area contributed by atoms with Gasteiger partial charge in [0.05, 0.1) is 5.69 Å². The van der Waals surface area contributed by atoms with E-state index in [-0.39, 0.29) is 10.1 Å². The van der Waals surface area contributed by atoms with Crippen molar-refractivity contribution in [1.29, 1.82) is 0 Å². The van der Waals surface area contributed by atoms with Crippen LogP contribution in [0.1, 0.15) is 24.2 Å². The Labute approximate surface area is 182 Å². The molecule has 0 aliphatic carbocycles. The normalized spacial score (nSPS) is 11.6. The summed E-state index contributed by atoms with van der Waals surface area (Å²) in [5.41, 5.74) is 0.875. The molecule has 0 fully saturated rings. The molecular formula is C18H20N4O3S4. The van der Waals surface area contributed by atoms with E-state index in [4.69, 9.17) is 0 Å². The second-order valence-corrected chi connectivity index (χ2v) is 11.9. The monoisotopic (exact) mass is 468 g/mol. The Bertz CT molecular complexity index is 1060. The van der Waals surface area contributed by atoms with Crippen molar-refractivity contribution in [2.24, 2.45) is 5.92 Å². The van der Waals surface area contributed by atoms with Gasteiger partial charge in [0.15, 0.2) is 4.34 Å². The Morgan fingerprint density at radius 1 is 1.21 bits per heavy atom. The molecule has 2 aromatic heterocycles. The lowest BCUT2D eigenvalue weighted by Crippen LogP contribution is -2.25. The highest BCUT2D eigenvalue weighted by atomic mass is 32.2. The maximum atomic E-state index is 12.6. The second-order valence-electron chi connectivity index (χ2n) is 6.48. The number of rotatable bonds is 8. The fourth-order valence-electron chi connectivity index (χ4n) is 2.23. The van der Waals surface area contributed by atoms with E-state index in [9.17, 15) is 13.2 Å². The molecule has 0 saturated heterocycles. The maximum absolute atomic E-state index is 12.6. The Hall–Kier alpha value is -1.95. The first-order valence-electron chi connectivity index (χ1n) is 8.67. The zero-order valence-electron chi connectivity index (χ0n) is 16.0. The number of anilines is 2. The summed E-state index contributed by atoms with van der Waals surface area (Å²) in [5, 5.41) is 12.9. The Kier molecular flexibility index (Phi) is 6.93. The number of thioether (sulfide) groups is 1. The van der Waals surface area contributed by atoms with Crippen molar-refractivity contribution in [1.82, 2.24) is 10.2 Å². The van der Waals surface area contributed by atoms with Crippen LogP contribution in [0, 0.1) is 5.92 Å². The predicted molar refractivity (Wildman–Crippen MR) is 120 cm³/mol. The van der Waals surface area contributed by atoms with Gasteiger partial charge in [0.2, 0.25) is 5.13 Å². The number of amides is 1. The van der Waals surface area contributed by atoms with Crippen LogP contribution in [-0.4, -0.2) is 37.3 Å². The van der Waals surface area contributed by atoms with Crippen LogP contribution in [0.4, 0.5) is 10.8 Å². The Morgan fingerprint density at radius 3 is 2.55 bits per heavy atom. The quantitative estimate of drug-likeness (QED) is 0.388. The summed E-state index contributed by atoms with van der Waals surface area (Å²) in [6.45, 7) is 4.26. The van der Waals surface area contributed by atoms with Crippen LogP contribution in [0.25, 0.3) is 0 Å². The van der Waals surface area contributed by atoms with E-state index in [0.29, 0.717) is 22.3 Å². The number of nitrogens with zero attached hydrogens (tertiary/aromatic N) is 3. The maximum Gasteiger partial charge on any atom is 0.273 e. The van der Waals surface area contributed by atoms with E-state index in [1.807, 2.05) is 0 Å². The van der Waals surface area contributed by atoms with Crippen molar-refractivity contribution < 1.29 is 13.2 Å². The number of hydrogen-bond acceptors (Lipinski definition) is 8. The van der Waals surface area contributed by atoms with Crippen LogP contribution in [0.2, 0.25) is 0 Å². The largest absolute Gasteiger partial charge is 0.296 e. The van der Waals surface area contributed by atoms with Gasteiger partial charge >= 0.3 is 0 Å². The van der Waals surface area contributed by atoms with Gasteiger partial charge in [-0.25, -0.2) is 8.42 Å². The SMILES string of the molecule is CC(C)CSc1nnc(NC(=O)c2ccc(N(C)S(=O)(=O)c3cccs3)cc2)s1. The van der Waals surface area contributed by atoms with E-state index in [2.05, 4.69) is 29.4 Å². The van der Waals surface area contributed by atoms with Crippen LogP contribution >= 0.6 is 34.4 Å². The minimum atomic E-state index is -3.61. The lowest BCUT2D eigenvalue weighted by Gasteiger charge is -2.18. The minimum Gasteiger partial charge on any atom is -0.296 e. The second kappa shape index (κ2) is 9.24. The molecule has 0 saturated carbocycles. The van der Waals surface area contributed by atoms with Gasteiger partial charge in [0.25, 0.3) is 15.9 Å². The van der Waals surface area contributed by atoms with Crippen molar-refractivity contribution >= 4 is 61.2 Å². The Balaban J connectivity index is 1.66. The number of carbonyl (C=O) groups is 1. The van der Waals surface area contributed by atoms with Crippen LogP contribution in [0.5, 0.6) is 0 Å². The molecule has 11 heteroatoms. The molecule has 7 nitrogen and oxygen atoms in total. The smallest absolute Gasteiger partial charge is 0.273 e. The molecule has 29 heavy (non-hydrogen) atoms. The molecule has 0 bridgehead atoms. The fraction of sp³-hybridized carbons (Fsp3) is 0.278. The van der Waals surface area contributed by atoms with Gasteiger partial charge in [-0.2, -0.15) is 0 Å². The summed E-state index contributed by atoms with van der Waals surface area (Å²) in [6, 6.07) is 9.63. The van der Waals surface area contributed by atoms with Gasteiger partial charge < -0.3 is 0 Å². The molecule has 0 radical (unpaired) electrons. The predicted octanol–water partition coefficient (Wildman–Crippen LogP) is 4.43. The number of nitrogens with one attached hydrogen (secondary N) is 1. The molecule has 0 spiro atoms. The highest BCUT2D eigenvalue weighted by Gasteiger charge is 2.22. The molecule has 0 unspecified atom stereocenters. The molecule has 0 aliphatic heterocycles. The van der Waals surface area contributed by atoms with Crippen molar-refractivity contribution in [3.8, 4) is 0 Å². The standard InChI is InChI=1S/C18H20N4O3S4/c1-12(2)11-27-18-21-20-17(28-18)19-16(23)13-6-8-14(9-7-13)22(3)29(24,25)15-5-4-10-26-15/h4-10,12H,11H2,1-3H3,(H,19,20,23). The summed E-state index contributed by atoms with van der Waals surface area (Å²) in [6.07, 6.45) is 0. The zero-order valence-corrected chi connectivity index (χ0v) is 19.3. The number of aromatic nitrogens is 2. The number of benzene rings is 1. The van der Waals surface area contributed by atoms with Gasteiger partial charge in [-0.3, -0.25) is 14.4 Å². The first-order valence-corrected chi connectivity index (χ1v) is 12.8. The summed E-state index contributed by atoms with van der Waals surface area (Å²) in [4.78, 5) is 12.4. The molecule has 1 N–H and O–H groups in total. The number of carbonyl (C=O) groups excluding carboxylic acids is 1. The molecule has 1 aromatic carbocycles. The topological polar surface area (TPSA) is 92.3 Å². The van der Waals surface area contributed by atoms with Crippen molar-refractivity contribution in [3.05, 3.63) is 47.3 Å². The molecule has 3 aromatic rings. The van der Waals surface area contributed by atoms with Crippen molar-refractivity contribution in [2.75, 3.05) is 22.4 Å². The average molecular weight is 469 g/mol. The van der Waals surface area contributed by atoms with Gasteiger partial charge in [0.1, 0.15) is 4.21 Å². The van der Waals surface area contributed by atoms with Crippen LogP contribution < -0.4 is 9.62 Å². The van der Waals surface area contributed by atoms with Gasteiger partial charge in [-0.05, 0) is 41.6 Å². The minimum absolute atomic E-state index is 0.268. The lowest BCUT2D eigenvalue weighted by atomic mass is 10.2. The molecule has 154 valence electrons. The van der Waals surface area contributed by atoms with E-state index in [0.717, 1.165) is 21.4 Å². The van der Waals surface area contributed by atoms with E-state index < -0.39 is 10.0 Å². The third-order valence-electron chi connectivity index (χ3n) is 3.77. The molecular weight excluding hydrogens is 448 g/mol. The van der Waals surface area contributed by atoms with E-state index in [1.54, 1.807) is 53.5 Å². The molecule has 1 amide bonds. The fourth-order valence-corrected chi connectivity index (χ4v) is 6.31. The number of thiophene rings is 1. The highest BCUT2D eigenvalue weighted by Crippen LogP contribution is 2.28. The molecule has 0 atom stereocenters. The van der Waals surface area contributed by atoms with Crippen molar-refractivity contribution in [3.63, 3.8) is 0 Å². The third kappa shape index (κ3) is 5.35. The van der Waals surface area contributed by atoms with Gasteiger partial charge in [0, 0.05) is 18.4 Å². The van der Waals surface area contributed by atoms with Gasteiger partial charge in [-0.1, -0.05) is 43.0 Å². The van der Waals surface area contributed by atoms with E-state index >= 15 is 0 Å². The summed E-state index contributed by atoms with van der Waals surface area (Å²) < 4.78 is 27.5. The molecule has 2 heterocycles. The summed E-state index contributed by atoms with van der Waals surface area (Å²) >= 11 is 4.10. The van der Waals surface area contributed by atoms with Crippen molar-refractivity contribution in [2.45, 2.75) is 22.4 Å². The number of sulfonamides is 1. The highest BCUT2D eigenvalue weighted by molar-refractivity contribution is 8.01. The first kappa shape index (κ1) is 21.8. The zero-order chi connectivity index (χ0) is 21.0. The summed E-state index contributed by atoms with van der Waals surface area (Å²) in [5.74, 6) is 1.16. The molecule has 0 aliphatic rings. The van der Waals surface area contributed by atoms with Gasteiger partial charge in [-0.15, -0.1) is 21.5 Å². The lowest BCUT2D eigenvalue weighted by molar-refractivity contribution is 0.102. The Morgan fingerprint density at radius 2 is 1.93 bits per heavy atom. The number of hydrogen-bond donors (Lipinski definition) is 1. The molecule has 3 rings (SSSR count). The van der Waals surface area contributed by atoms with Crippen LogP contribution in [0.15, 0.2) is 50.3 Å². The van der Waals surface area contributed by atoms with Crippen LogP contribution in [-0.2, 0) is 10.0 Å². The van der Waals surface area contributed by atoms with E-state index in [1.165, 1.54) is 22.7 Å². The average Bonchev–Trinajstić information content (AvgIpc) is 3.38. The first-order chi connectivity index (χ1) is 13.8. The summed E-state index contributed by atoms with van der Waals surface area (Å²) in [7, 11) is -2.12.